The van der Waals surface area contributed by atoms with Crippen LogP contribution in [0.3, 0.4) is 0 Å². The average Bonchev–Trinajstić information content (AvgIpc) is 3.02. The summed E-state index contributed by atoms with van der Waals surface area (Å²) in [4.78, 5) is 24.3. The Hall–Kier alpha value is -2.39. The molecule has 0 spiro atoms. The highest BCUT2D eigenvalue weighted by molar-refractivity contribution is 7.78. The number of aromatic nitrogens is 1. The van der Waals surface area contributed by atoms with E-state index in [9.17, 15) is 18.9 Å². The minimum atomic E-state index is -1.89. The fraction of sp³-hybridized carbons (Fsp3) is 0.412. The minimum Gasteiger partial charge on any atom is -0.465 e. The van der Waals surface area contributed by atoms with Gasteiger partial charge in [0.1, 0.15) is 5.76 Å². The molecule has 1 aromatic carbocycles. The van der Waals surface area contributed by atoms with Crippen molar-refractivity contribution in [2.75, 3.05) is 6.54 Å². The molecule has 3 atom stereocenters. The molecule has 140 valence electrons. The molecule has 0 saturated carbocycles. The number of likely N-dealkylation sites (tertiary alicyclic amines) is 1. The molecule has 2 heterocycles. The van der Waals surface area contributed by atoms with Gasteiger partial charge in [0.15, 0.2) is 11.1 Å². The monoisotopic (exact) mass is 380 g/mol. The van der Waals surface area contributed by atoms with Gasteiger partial charge >= 0.3 is 6.09 Å². The molecular formula is C17H20N2O6S. The zero-order chi connectivity index (χ0) is 18.7. The number of nitrogens with zero attached hydrogens (tertiary/aromatic N) is 1. The first-order valence-electron chi connectivity index (χ1n) is 8.25. The molecule has 1 saturated heterocycles. The average molecular weight is 380 g/mol. The lowest BCUT2D eigenvalue weighted by Crippen LogP contribution is -2.46. The van der Waals surface area contributed by atoms with Crippen molar-refractivity contribution in [1.29, 1.82) is 0 Å². The van der Waals surface area contributed by atoms with E-state index in [4.69, 9.17) is 9.08 Å². The van der Waals surface area contributed by atoms with Crippen LogP contribution in [0.15, 0.2) is 39.6 Å². The van der Waals surface area contributed by atoms with E-state index in [1.807, 2.05) is 12.1 Å². The molecule has 3 unspecified atom stereocenters. The highest BCUT2D eigenvalue weighted by Gasteiger charge is 2.33. The first-order chi connectivity index (χ1) is 12.4. The first kappa shape index (κ1) is 18.4. The van der Waals surface area contributed by atoms with Gasteiger partial charge in [-0.1, -0.05) is 24.3 Å². The van der Waals surface area contributed by atoms with Crippen LogP contribution in [-0.4, -0.2) is 42.6 Å². The van der Waals surface area contributed by atoms with E-state index in [1.54, 1.807) is 12.1 Å². The summed E-state index contributed by atoms with van der Waals surface area (Å²) < 4.78 is 25.0. The Labute approximate surface area is 152 Å². The standard InChI is InChI=1S/C17H20N2O6S/c20-16-9-15(25-18-16)13-5-6-19(17(21)22)14(8-13)7-11-1-3-12(4-2-11)10-26(23)24/h1-4,9,13-14H,5-8,10H2,(H,18,20)(H,21,22)(H,23,24). The van der Waals surface area contributed by atoms with E-state index in [0.29, 0.717) is 31.6 Å². The van der Waals surface area contributed by atoms with Crippen molar-refractivity contribution in [1.82, 2.24) is 10.1 Å². The number of carbonyl (C=O) groups is 1. The summed E-state index contributed by atoms with van der Waals surface area (Å²) in [6.45, 7) is 0.376. The Bertz CT molecular complexity index is 843. The van der Waals surface area contributed by atoms with Gasteiger partial charge in [-0.05, 0) is 30.4 Å². The second-order valence-electron chi connectivity index (χ2n) is 6.45. The highest BCUT2D eigenvalue weighted by atomic mass is 32.2. The molecule has 2 aromatic rings. The quantitative estimate of drug-likeness (QED) is 0.683. The first-order valence-corrected chi connectivity index (χ1v) is 9.53. The SMILES string of the molecule is O=C(O)N1CCC(c2cc(=O)[nH]o2)CC1Cc1ccc(CS(=O)O)cc1. The van der Waals surface area contributed by atoms with Gasteiger partial charge in [0.25, 0.3) is 5.56 Å². The second kappa shape index (κ2) is 7.88. The molecule has 0 aliphatic carbocycles. The van der Waals surface area contributed by atoms with Gasteiger partial charge < -0.3 is 19.1 Å². The van der Waals surface area contributed by atoms with Crippen LogP contribution < -0.4 is 5.56 Å². The Kier molecular flexibility index (Phi) is 5.58. The van der Waals surface area contributed by atoms with Crippen LogP contribution in [0, 0.1) is 0 Å². The summed E-state index contributed by atoms with van der Waals surface area (Å²) in [5, 5.41) is 11.8. The lowest BCUT2D eigenvalue weighted by molar-refractivity contribution is 0.0968. The van der Waals surface area contributed by atoms with Crippen LogP contribution in [0.5, 0.6) is 0 Å². The molecule has 1 aliphatic rings. The molecule has 26 heavy (non-hydrogen) atoms. The van der Waals surface area contributed by atoms with Gasteiger partial charge in [-0.3, -0.25) is 4.79 Å². The number of benzene rings is 1. The third kappa shape index (κ3) is 4.41. The van der Waals surface area contributed by atoms with Crippen LogP contribution in [0.25, 0.3) is 0 Å². The molecule has 1 aliphatic heterocycles. The normalized spacial score (nSPS) is 21.5. The van der Waals surface area contributed by atoms with E-state index >= 15 is 0 Å². The Morgan fingerprint density at radius 3 is 2.58 bits per heavy atom. The molecule has 3 N–H and O–H groups in total. The third-order valence-corrected chi connectivity index (χ3v) is 5.27. The smallest absolute Gasteiger partial charge is 0.407 e. The maximum absolute atomic E-state index is 11.6. The minimum absolute atomic E-state index is 0.00867. The predicted octanol–water partition coefficient (Wildman–Crippen LogP) is 2.16. The van der Waals surface area contributed by atoms with Gasteiger partial charge in [0.2, 0.25) is 0 Å². The third-order valence-electron chi connectivity index (χ3n) is 4.69. The van der Waals surface area contributed by atoms with Crippen molar-refractivity contribution in [3.63, 3.8) is 0 Å². The van der Waals surface area contributed by atoms with Gasteiger partial charge in [0.05, 0.1) is 5.75 Å². The summed E-state index contributed by atoms with van der Waals surface area (Å²) >= 11 is -1.89. The van der Waals surface area contributed by atoms with Gasteiger partial charge in [-0.15, -0.1) is 0 Å². The van der Waals surface area contributed by atoms with Crippen LogP contribution in [0.2, 0.25) is 0 Å². The Balaban J connectivity index is 1.74. The fourth-order valence-electron chi connectivity index (χ4n) is 3.44. The van der Waals surface area contributed by atoms with Crippen molar-refractivity contribution in [2.24, 2.45) is 0 Å². The number of amides is 1. The lowest BCUT2D eigenvalue weighted by Gasteiger charge is -2.37. The second-order valence-corrected chi connectivity index (χ2v) is 7.38. The summed E-state index contributed by atoms with van der Waals surface area (Å²) in [6, 6.07) is 8.44. The summed E-state index contributed by atoms with van der Waals surface area (Å²) in [5.74, 6) is 0.621. The number of piperidine rings is 1. The zero-order valence-corrected chi connectivity index (χ0v) is 14.8. The van der Waals surface area contributed by atoms with Crippen LogP contribution in [-0.2, 0) is 23.3 Å². The van der Waals surface area contributed by atoms with Gasteiger partial charge in [-0.2, -0.15) is 5.16 Å². The molecule has 9 heteroatoms. The summed E-state index contributed by atoms with van der Waals surface area (Å²) in [6.07, 6.45) is 0.733. The zero-order valence-electron chi connectivity index (χ0n) is 14.0. The molecular weight excluding hydrogens is 360 g/mol. The van der Waals surface area contributed by atoms with Crippen LogP contribution >= 0.6 is 0 Å². The van der Waals surface area contributed by atoms with Crippen molar-refractivity contribution >= 4 is 17.2 Å². The van der Waals surface area contributed by atoms with Gasteiger partial charge in [0, 0.05) is 24.6 Å². The maximum Gasteiger partial charge on any atom is 0.407 e. The number of H-pyrrole nitrogens is 1. The molecule has 1 aromatic heterocycles. The number of hydrogen-bond donors (Lipinski definition) is 3. The summed E-state index contributed by atoms with van der Waals surface area (Å²) in [7, 11) is 0. The summed E-state index contributed by atoms with van der Waals surface area (Å²) in [5.41, 5.74) is 1.40. The molecule has 0 radical (unpaired) electrons. The number of carboxylic acid groups (broad SMARTS) is 1. The number of hydrogen-bond acceptors (Lipinski definition) is 4. The predicted molar refractivity (Wildman–Crippen MR) is 94.4 cm³/mol. The maximum atomic E-state index is 11.6. The van der Waals surface area contributed by atoms with E-state index in [2.05, 4.69) is 5.16 Å². The van der Waals surface area contributed by atoms with Crippen molar-refractivity contribution < 1.29 is 23.2 Å². The number of aromatic amines is 1. The number of rotatable bonds is 5. The topological polar surface area (TPSA) is 124 Å². The molecule has 1 amide bonds. The molecule has 0 bridgehead atoms. The van der Waals surface area contributed by atoms with Crippen molar-refractivity contribution in [3.05, 3.63) is 57.6 Å². The Morgan fingerprint density at radius 1 is 1.31 bits per heavy atom. The van der Waals surface area contributed by atoms with Crippen LogP contribution in [0.1, 0.15) is 35.6 Å². The van der Waals surface area contributed by atoms with E-state index in [-0.39, 0.29) is 23.3 Å². The fourth-order valence-corrected chi connectivity index (χ4v) is 3.92. The van der Waals surface area contributed by atoms with Crippen molar-refractivity contribution in [3.8, 4) is 0 Å². The van der Waals surface area contributed by atoms with Crippen LogP contribution in [0.4, 0.5) is 4.79 Å². The van der Waals surface area contributed by atoms with E-state index in [1.165, 1.54) is 11.0 Å². The van der Waals surface area contributed by atoms with E-state index < -0.39 is 17.2 Å². The van der Waals surface area contributed by atoms with Gasteiger partial charge in [-0.25, -0.2) is 9.00 Å². The Morgan fingerprint density at radius 2 is 2.00 bits per heavy atom. The molecule has 8 nitrogen and oxygen atoms in total. The van der Waals surface area contributed by atoms with Crippen molar-refractivity contribution in [2.45, 2.75) is 37.0 Å². The number of nitrogens with one attached hydrogen (secondary N) is 1. The lowest BCUT2D eigenvalue weighted by atomic mass is 9.86. The molecule has 1 fully saturated rings. The molecule has 3 rings (SSSR count). The van der Waals surface area contributed by atoms with E-state index in [0.717, 1.165) is 11.1 Å². The highest BCUT2D eigenvalue weighted by Crippen LogP contribution is 2.32. The largest absolute Gasteiger partial charge is 0.465 e.